The Balaban J connectivity index is 2.54. The summed E-state index contributed by atoms with van der Waals surface area (Å²) in [7, 11) is 0. The minimum atomic E-state index is -0.731. The number of nitriles is 1. The maximum Gasteiger partial charge on any atom is 0.240 e. The normalized spacial score (nSPS) is 20.4. The molecule has 1 saturated carbocycles. The molecule has 0 spiro atoms. The van der Waals surface area contributed by atoms with Gasteiger partial charge in [0.05, 0.1) is 6.07 Å². The first kappa shape index (κ1) is 13.0. The van der Waals surface area contributed by atoms with Gasteiger partial charge in [0.25, 0.3) is 0 Å². The van der Waals surface area contributed by atoms with Crippen LogP contribution in [0, 0.1) is 22.7 Å². The highest BCUT2D eigenvalue weighted by atomic mass is 16.2. The number of amides is 1. The standard InChI is InChI=1S/C13H22N2O/c1-10(2)8-11(3)15-12(16)13(9-14)6-4-5-7-13/h10-11H,4-8H2,1-3H3,(H,15,16). The Morgan fingerprint density at radius 2 is 1.94 bits per heavy atom. The van der Waals surface area contributed by atoms with E-state index in [-0.39, 0.29) is 11.9 Å². The fourth-order valence-corrected chi connectivity index (χ4v) is 2.50. The van der Waals surface area contributed by atoms with Gasteiger partial charge in [0.1, 0.15) is 5.41 Å². The lowest BCUT2D eigenvalue weighted by Gasteiger charge is -2.23. The molecule has 0 aromatic carbocycles. The molecule has 0 aliphatic heterocycles. The van der Waals surface area contributed by atoms with E-state index < -0.39 is 5.41 Å². The van der Waals surface area contributed by atoms with Crippen LogP contribution in [0.2, 0.25) is 0 Å². The van der Waals surface area contributed by atoms with Gasteiger partial charge in [0.2, 0.25) is 5.91 Å². The molecule has 0 aromatic rings. The first-order valence-corrected chi connectivity index (χ1v) is 6.22. The average molecular weight is 222 g/mol. The molecule has 0 aromatic heterocycles. The Labute approximate surface area is 98.2 Å². The summed E-state index contributed by atoms with van der Waals surface area (Å²) in [6, 6.07) is 2.39. The monoisotopic (exact) mass is 222 g/mol. The molecule has 1 aliphatic carbocycles. The number of carbonyl (C=O) groups excluding carboxylic acids is 1. The third-order valence-electron chi connectivity index (χ3n) is 3.31. The lowest BCUT2D eigenvalue weighted by molar-refractivity contribution is -0.128. The van der Waals surface area contributed by atoms with E-state index in [0.717, 1.165) is 32.1 Å². The van der Waals surface area contributed by atoms with Crippen molar-refractivity contribution in [2.45, 2.75) is 58.9 Å². The Kier molecular flexibility index (Phi) is 4.35. The topological polar surface area (TPSA) is 52.9 Å². The van der Waals surface area contributed by atoms with Crippen molar-refractivity contribution in [3.8, 4) is 6.07 Å². The van der Waals surface area contributed by atoms with Crippen LogP contribution >= 0.6 is 0 Å². The van der Waals surface area contributed by atoms with E-state index in [4.69, 9.17) is 0 Å². The van der Waals surface area contributed by atoms with Crippen molar-refractivity contribution in [1.29, 1.82) is 5.26 Å². The van der Waals surface area contributed by atoms with Gasteiger partial charge in [-0.25, -0.2) is 0 Å². The zero-order valence-electron chi connectivity index (χ0n) is 10.5. The van der Waals surface area contributed by atoms with Crippen LogP contribution in [0.15, 0.2) is 0 Å². The van der Waals surface area contributed by atoms with E-state index in [2.05, 4.69) is 25.2 Å². The minimum Gasteiger partial charge on any atom is -0.352 e. The Hall–Kier alpha value is -1.04. The molecule has 1 atom stereocenters. The van der Waals surface area contributed by atoms with Crippen molar-refractivity contribution in [2.75, 3.05) is 0 Å². The molecule has 1 unspecified atom stereocenters. The predicted molar refractivity (Wildman–Crippen MR) is 63.6 cm³/mol. The molecular weight excluding hydrogens is 200 g/mol. The van der Waals surface area contributed by atoms with Gasteiger partial charge in [0.15, 0.2) is 0 Å². The van der Waals surface area contributed by atoms with Crippen LogP contribution in [-0.4, -0.2) is 11.9 Å². The van der Waals surface area contributed by atoms with E-state index in [1.807, 2.05) is 6.92 Å². The molecule has 0 saturated heterocycles. The second-order valence-corrected chi connectivity index (χ2v) is 5.41. The summed E-state index contributed by atoms with van der Waals surface area (Å²) < 4.78 is 0. The second-order valence-electron chi connectivity index (χ2n) is 5.41. The number of rotatable bonds is 4. The maximum absolute atomic E-state index is 12.1. The highest BCUT2D eigenvalue weighted by Gasteiger charge is 2.41. The van der Waals surface area contributed by atoms with Crippen molar-refractivity contribution >= 4 is 5.91 Å². The third kappa shape index (κ3) is 2.98. The summed E-state index contributed by atoms with van der Waals surface area (Å²) in [5.74, 6) is 0.512. The summed E-state index contributed by atoms with van der Waals surface area (Å²) in [6.07, 6.45) is 4.42. The van der Waals surface area contributed by atoms with E-state index in [0.29, 0.717) is 5.92 Å². The van der Waals surface area contributed by atoms with E-state index in [1.54, 1.807) is 0 Å². The van der Waals surface area contributed by atoms with Gasteiger partial charge in [-0.05, 0) is 32.1 Å². The molecule has 1 fully saturated rings. The summed E-state index contributed by atoms with van der Waals surface area (Å²) in [4.78, 5) is 12.1. The number of hydrogen-bond donors (Lipinski definition) is 1. The first-order valence-electron chi connectivity index (χ1n) is 6.22. The zero-order valence-corrected chi connectivity index (χ0v) is 10.5. The molecule has 3 nitrogen and oxygen atoms in total. The van der Waals surface area contributed by atoms with Crippen molar-refractivity contribution in [3.05, 3.63) is 0 Å². The fraction of sp³-hybridized carbons (Fsp3) is 0.846. The third-order valence-corrected chi connectivity index (χ3v) is 3.31. The largest absolute Gasteiger partial charge is 0.352 e. The Morgan fingerprint density at radius 3 is 2.38 bits per heavy atom. The molecule has 1 rings (SSSR count). The molecule has 0 radical (unpaired) electrons. The molecule has 3 heteroatoms. The summed E-state index contributed by atoms with van der Waals surface area (Å²) in [6.45, 7) is 6.29. The van der Waals surface area contributed by atoms with Crippen LogP contribution < -0.4 is 5.32 Å². The highest BCUT2D eigenvalue weighted by Crippen LogP contribution is 2.37. The van der Waals surface area contributed by atoms with Crippen LogP contribution in [0.4, 0.5) is 0 Å². The van der Waals surface area contributed by atoms with Gasteiger partial charge in [0, 0.05) is 6.04 Å². The molecule has 90 valence electrons. The van der Waals surface area contributed by atoms with Crippen LogP contribution in [-0.2, 0) is 4.79 Å². The Bertz CT molecular complexity index is 285. The average Bonchev–Trinajstić information content (AvgIpc) is 2.65. The lowest BCUT2D eigenvalue weighted by Crippen LogP contribution is -2.43. The smallest absolute Gasteiger partial charge is 0.240 e. The summed E-state index contributed by atoms with van der Waals surface area (Å²) >= 11 is 0. The number of nitrogens with one attached hydrogen (secondary N) is 1. The molecule has 1 N–H and O–H groups in total. The molecule has 1 amide bonds. The van der Waals surface area contributed by atoms with Gasteiger partial charge in [-0.3, -0.25) is 4.79 Å². The number of nitrogens with zero attached hydrogens (tertiary/aromatic N) is 1. The minimum absolute atomic E-state index is 0.0550. The molecule has 1 aliphatic rings. The maximum atomic E-state index is 12.1. The quantitative estimate of drug-likeness (QED) is 0.795. The summed E-state index contributed by atoms with van der Waals surface area (Å²) in [5, 5.41) is 12.2. The van der Waals surface area contributed by atoms with Crippen molar-refractivity contribution in [2.24, 2.45) is 11.3 Å². The van der Waals surface area contributed by atoms with E-state index in [9.17, 15) is 10.1 Å². The molecule has 16 heavy (non-hydrogen) atoms. The van der Waals surface area contributed by atoms with Crippen LogP contribution in [0.5, 0.6) is 0 Å². The molecule has 0 heterocycles. The number of hydrogen-bond acceptors (Lipinski definition) is 2. The van der Waals surface area contributed by atoms with Crippen LogP contribution in [0.3, 0.4) is 0 Å². The SMILES string of the molecule is CC(C)CC(C)NC(=O)C1(C#N)CCCC1. The van der Waals surface area contributed by atoms with E-state index in [1.165, 1.54) is 0 Å². The predicted octanol–water partition coefficient (Wildman–Crippen LogP) is 2.62. The highest BCUT2D eigenvalue weighted by molar-refractivity contribution is 5.85. The molecular formula is C13H22N2O. The van der Waals surface area contributed by atoms with Crippen LogP contribution in [0.25, 0.3) is 0 Å². The van der Waals surface area contributed by atoms with Gasteiger partial charge in [-0.2, -0.15) is 5.26 Å². The van der Waals surface area contributed by atoms with Gasteiger partial charge in [-0.1, -0.05) is 26.7 Å². The Morgan fingerprint density at radius 1 is 1.38 bits per heavy atom. The summed E-state index contributed by atoms with van der Waals surface area (Å²) in [5.41, 5.74) is -0.731. The fourth-order valence-electron chi connectivity index (χ4n) is 2.50. The van der Waals surface area contributed by atoms with Gasteiger partial charge >= 0.3 is 0 Å². The first-order chi connectivity index (χ1) is 7.50. The van der Waals surface area contributed by atoms with Crippen molar-refractivity contribution in [3.63, 3.8) is 0 Å². The molecule has 0 bridgehead atoms. The van der Waals surface area contributed by atoms with Gasteiger partial charge < -0.3 is 5.32 Å². The van der Waals surface area contributed by atoms with Crippen LogP contribution in [0.1, 0.15) is 52.9 Å². The van der Waals surface area contributed by atoms with Crippen molar-refractivity contribution < 1.29 is 4.79 Å². The zero-order chi connectivity index (χ0) is 12.2. The van der Waals surface area contributed by atoms with Gasteiger partial charge in [-0.15, -0.1) is 0 Å². The van der Waals surface area contributed by atoms with Crippen molar-refractivity contribution in [1.82, 2.24) is 5.32 Å². The second kappa shape index (κ2) is 5.34. The van der Waals surface area contributed by atoms with E-state index >= 15 is 0 Å². The lowest BCUT2D eigenvalue weighted by atomic mass is 9.86. The number of carbonyl (C=O) groups is 1.